The number of rotatable bonds is 4. The van der Waals surface area contributed by atoms with E-state index in [1.165, 1.54) is 5.56 Å². The van der Waals surface area contributed by atoms with Crippen LogP contribution in [0.3, 0.4) is 0 Å². The second-order valence-electron chi connectivity index (χ2n) is 6.23. The molecule has 0 spiro atoms. The van der Waals surface area contributed by atoms with Crippen molar-refractivity contribution < 1.29 is 9.90 Å². The largest absolute Gasteiger partial charge is 0.481 e. The van der Waals surface area contributed by atoms with Gasteiger partial charge in [-0.1, -0.05) is 25.5 Å². The lowest BCUT2D eigenvalue weighted by Crippen LogP contribution is -2.27. The second-order valence-corrected chi connectivity index (χ2v) is 6.23. The Morgan fingerprint density at radius 2 is 2.29 bits per heavy atom. The van der Waals surface area contributed by atoms with Crippen molar-refractivity contribution in [2.75, 3.05) is 0 Å². The summed E-state index contributed by atoms with van der Waals surface area (Å²) in [7, 11) is 0. The summed E-state index contributed by atoms with van der Waals surface area (Å²) >= 11 is 0. The molecule has 1 aliphatic rings. The van der Waals surface area contributed by atoms with Gasteiger partial charge in [0.25, 0.3) is 0 Å². The first-order chi connectivity index (χ1) is 10.1. The van der Waals surface area contributed by atoms with Gasteiger partial charge in [-0.05, 0) is 55.4 Å². The Labute approximate surface area is 125 Å². The second kappa shape index (κ2) is 5.47. The van der Waals surface area contributed by atoms with Crippen LogP contribution < -0.4 is 0 Å². The molecule has 2 aromatic rings. The third-order valence-corrected chi connectivity index (χ3v) is 4.89. The van der Waals surface area contributed by atoms with Crippen molar-refractivity contribution in [2.45, 2.75) is 44.9 Å². The molecule has 2 atom stereocenters. The summed E-state index contributed by atoms with van der Waals surface area (Å²) in [5.41, 5.74) is 1.75. The van der Waals surface area contributed by atoms with Crippen LogP contribution in [-0.2, 0) is 4.79 Å². The number of carboxylic acid groups (broad SMARTS) is 1. The zero-order valence-corrected chi connectivity index (χ0v) is 12.4. The van der Waals surface area contributed by atoms with Gasteiger partial charge in [0.2, 0.25) is 0 Å². The van der Waals surface area contributed by atoms with Gasteiger partial charge in [0.05, 0.1) is 10.9 Å². The Morgan fingerprint density at radius 3 is 3.05 bits per heavy atom. The van der Waals surface area contributed by atoms with E-state index in [0.29, 0.717) is 5.92 Å². The number of nitrogens with zero attached hydrogens (tertiary/aromatic N) is 1. The van der Waals surface area contributed by atoms with Crippen molar-refractivity contribution in [3.63, 3.8) is 0 Å². The van der Waals surface area contributed by atoms with Gasteiger partial charge in [0.1, 0.15) is 0 Å². The zero-order valence-electron chi connectivity index (χ0n) is 12.4. The maximum absolute atomic E-state index is 11.7. The molecule has 21 heavy (non-hydrogen) atoms. The first kappa shape index (κ1) is 14.1. The highest BCUT2D eigenvalue weighted by atomic mass is 16.4. The fourth-order valence-corrected chi connectivity index (χ4v) is 3.77. The Balaban J connectivity index is 1.88. The van der Waals surface area contributed by atoms with Gasteiger partial charge in [-0.3, -0.25) is 9.78 Å². The molecule has 1 N–H and O–H groups in total. The molecule has 1 aromatic carbocycles. The van der Waals surface area contributed by atoms with Gasteiger partial charge >= 0.3 is 5.97 Å². The van der Waals surface area contributed by atoms with Gasteiger partial charge in [-0.25, -0.2) is 0 Å². The molecule has 3 rings (SSSR count). The van der Waals surface area contributed by atoms with Crippen molar-refractivity contribution in [3.8, 4) is 0 Å². The molecule has 1 aromatic heterocycles. The molecule has 0 amide bonds. The molecular formula is C18H21NO2. The number of fused-ring (bicyclic) bond motifs is 1. The SMILES string of the molecule is CCC[C@@]1(C(=O)O)CC[C@H](c2ccc3ncccc3c2)C1. The minimum atomic E-state index is -0.616. The Morgan fingerprint density at radius 1 is 1.43 bits per heavy atom. The van der Waals surface area contributed by atoms with E-state index < -0.39 is 11.4 Å². The third-order valence-electron chi connectivity index (χ3n) is 4.89. The van der Waals surface area contributed by atoms with Crippen LogP contribution in [-0.4, -0.2) is 16.1 Å². The highest BCUT2D eigenvalue weighted by molar-refractivity contribution is 5.79. The van der Waals surface area contributed by atoms with Crippen LogP contribution in [0.5, 0.6) is 0 Å². The summed E-state index contributed by atoms with van der Waals surface area (Å²) in [6.45, 7) is 2.07. The molecule has 3 nitrogen and oxygen atoms in total. The van der Waals surface area contributed by atoms with Crippen molar-refractivity contribution >= 4 is 16.9 Å². The van der Waals surface area contributed by atoms with E-state index in [1.54, 1.807) is 6.20 Å². The molecular weight excluding hydrogens is 262 g/mol. The summed E-state index contributed by atoms with van der Waals surface area (Å²) in [6.07, 6.45) is 6.05. The lowest BCUT2D eigenvalue weighted by atomic mass is 9.80. The number of carboxylic acids is 1. The standard InChI is InChI=1S/C18H21NO2/c1-2-8-18(17(20)21)9-7-15(12-18)13-5-6-16-14(11-13)4-3-10-19-16/h3-6,10-11,15H,2,7-9,12H2,1H3,(H,20,21)/t15-,18+/m0/s1. The third kappa shape index (κ3) is 2.53. The van der Waals surface area contributed by atoms with Gasteiger partial charge in [0, 0.05) is 11.6 Å². The summed E-state index contributed by atoms with van der Waals surface area (Å²) < 4.78 is 0. The Bertz CT molecular complexity index is 667. The van der Waals surface area contributed by atoms with Crippen LogP contribution in [0.1, 0.15) is 50.5 Å². The van der Waals surface area contributed by atoms with Crippen molar-refractivity contribution in [1.29, 1.82) is 0 Å². The van der Waals surface area contributed by atoms with Crippen LogP contribution in [0.2, 0.25) is 0 Å². The minimum Gasteiger partial charge on any atom is -0.481 e. The molecule has 1 heterocycles. The van der Waals surface area contributed by atoms with Crippen LogP contribution in [0.25, 0.3) is 10.9 Å². The fraction of sp³-hybridized carbons (Fsp3) is 0.444. The first-order valence-electron chi connectivity index (χ1n) is 7.73. The van der Waals surface area contributed by atoms with E-state index in [9.17, 15) is 9.90 Å². The first-order valence-corrected chi connectivity index (χ1v) is 7.73. The summed E-state index contributed by atoms with van der Waals surface area (Å²) in [5.74, 6) is -0.258. The van der Waals surface area contributed by atoms with Gasteiger partial charge < -0.3 is 5.11 Å². The molecule has 0 bridgehead atoms. The zero-order chi connectivity index (χ0) is 14.9. The molecule has 0 aliphatic heterocycles. The predicted octanol–water partition coefficient (Wildman–Crippen LogP) is 4.37. The van der Waals surface area contributed by atoms with Crippen molar-refractivity contribution in [1.82, 2.24) is 4.98 Å². The molecule has 110 valence electrons. The van der Waals surface area contributed by atoms with Crippen molar-refractivity contribution in [3.05, 3.63) is 42.1 Å². The average Bonchev–Trinajstić information content (AvgIpc) is 2.93. The highest BCUT2D eigenvalue weighted by Crippen LogP contribution is 2.49. The van der Waals surface area contributed by atoms with Gasteiger partial charge in [0.15, 0.2) is 0 Å². The van der Waals surface area contributed by atoms with E-state index in [2.05, 4.69) is 30.1 Å². The molecule has 3 heteroatoms. The van der Waals surface area contributed by atoms with Crippen LogP contribution in [0.4, 0.5) is 0 Å². The van der Waals surface area contributed by atoms with E-state index in [1.807, 2.05) is 12.1 Å². The van der Waals surface area contributed by atoms with Crippen LogP contribution in [0.15, 0.2) is 36.5 Å². The predicted molar refractivity (Wildman–Crippen MR) is 83.3 cm³/mol. The normalized spacial score (nSPS) is 25.3. The maximum Gasteiger partial charge on any atom is 0.309 e. The van der Waals surface area contributed by atoms with E-state index in [4.69, 9.17) is 0 Å². The monoisotopic (exact) mass is 283 g/mol. The number of hydrogen-bond donors (Lipinski definition) is 1. The topological polar surface area (TPSA) is 50.2 Å². The van der Waals surface area contributed by atoms with Crippen molar-refractivity contribution in [2.24, 2.45) is 5.41 Å². The molecule has 0 radical (unpaired) electrons. The maximum atomic E-state index is 11.7. The number of aliphatic carboxylic acids is 1. The Kier molecular flexibility index (Phi) is 3.66. The molecule has 0 unspecified atom stereocenters. The summed E-state index contributed by atoms with van der Waals surface area (Å²) in [4.78, 5) is 16.0. The average molecular weight is 283 g/mol. The molecule has 1 saturated carbocycles. The smallest absolute Gasteiger partial charge is 0.309 e. The minimum absolute atomic E-state index is 0.359. The number of aromatic nitrogens is 1. The highest BCUT2D eigenvalue weighted by Gasteiger charge is 2.44. The summed E-state index contributed by atoms with van der Waals surface area (Å²) in [6, 6.07) is 10.3. The Hall–Kier alpha value is -1.90. The number of pyridine rings is 1. The fourth-order valence-electron chi connectivity index (χ4n) is 3.77. The number of benzene rings is 1. The summed E-state index contributed by atoms with van der Waals surface area (Å²) in [5, 5.41) is 10.8. The molecule has 0 saturated heterocycles. The van der Waals surface area contributed by atoms with Gasteiger partial charge in [-0.2, -0.15) is 0 Å². The van der Waals surface area contributed by atoms with Crippen LogP contribution in [0, 0.1) is 5.41 Å². The number of carbonyl (C=O) groups is 1. The van der Waals surface area contributed by atoms with E-state index in [0.717, 1.165) is 43.0 Å². The van der Waals surface area contributed by atoms with Crippen LogP contribution >= 0.6 is 0 Å². The van der Waals surface area contributed by atoms with E-state index in [-0.39, 0.29) is 0 Å². The quantitative estimate of drug-likeness (QED) is 0.906. The number of hydrogen-bond acceptors (Lipinski definition) is 2. The molecule has 1 fully saturated rings. The van der Waals surface area contributed by atoms with E-state index >= 15 is 0 Å². The lowest BCUT2D eigenvalue weighted by Gasteiger charge is -2.23. The lowest BCUT2D eigenvalue weighted by molar-refractivity contribution is -0.149. The van der Waals surface area contributed by atoms with Gasteiger partial charge in [-0.15, -0.1) is 0 Å². The molecule has 1 aliphatic carbocycles.